The first-order chi connectivity index (χ1) is 8.45. The van der Waals surface area contributed by atoms with Gasteiger partial charge in [0.25, 0.3) is 0 Å². The minimum Gasteiger partial charge on any atom is -0.385 e. The monoisotopic (exact) mass is 230 g/mol. The zero-order valence-corrected chi connectivity index (χ0v) is 10.5. The van der Waals surface area contributed by atoms with Crippen LogP contribution in [-0.4, -0.2) is 19.6 Å². The summed E-state index contributed by atoms with van der Waals surface area (Å²) in [5, 5.41) is 3.53. The lowest BCUT2D eigenvalue weighted by Crippen LogP contribution is -2.26. The van der Waals surface area contributed by atoms with E-state index in [4.69, 9.17) is 0 Å². The van der Waals surface area contributed by atoms with Crippen LogP contribution in [0.5, 0.6) is 0 Å². The van der Waals surface area contributed by atoms with Crippen LogP contribution >= 0.6 is 0 Å². The van der Waals surface area contributed by atoms with Crippen LogP contribution in [0, 0.1) is 0 Å². The summed E-state index contributed by atoms with van der Waals surface area (Å²) in [5.41, 5.74) is 4.43. The van der Waals surface area contributed by atoms with Crippen LogP contribution in [0.1, 0.15) is 37.7 Å². The molecule has 1 saturated heterocycles. The zero-order chi connectivity index (χ0) is 11.5. The Balaban J connectivity index is 1.90. The number of hydrogen-bond acceptors (Lipinski definition) is 2. The molecule has 0 unspecified atom stereocenters. The van der Waals surface area contributed by atoms with Crippen LogP contribution in [0.2, 0.25) is 0 Å². The largest absolute Gasteiger partial charge is 0.385 e. The summed E-state index contributed by atoms with van der Waals surface area (Å²) in [5.74, 6) is 0. The Bertz CT molecular complexity index is 379. The van der Waals surface area contributed by atoms with Crippen LogP contribution < -0.4 is 10.2 Å². The van der Waals surface area contributed by atoms with Crippen molar-refractivity contribution in [1.82, 2.24) is 0 Å². The summed E-state index contributed by atoms with van der Waals surface area (Å²) in [7, 11) is 0. The van der Waals surface area contributed by atoms with Gasteiger partial charge in [-0.3, -0.25) is 0 Å². The van der Waals surface area contributed by atoms with Gasteiger partial charge in [0, 0.05) is 31.0 Å². The molecule has 3 rings (SSSR count). The highest BCUT2D eigenvalue weighted by Crippen LogP contribution is 2.32. The number of rotatable bonds is 1. The molecular formula is C15H22N2. The van der Waals surface area contributed by atoms with E-state index < -0.39 is 0 Å². The van der Waals surface area contributed by atoms with Gasteiger partial charge in [0.05, 0.1) is 0 Å². The third-order valence-corrected chi connectivity index (χ3v) is 4.02. The molecule has 1 aromatic carbocycles. The van der Waals surface area contributed by atoms with Gasteiger partial charge in [-0.2, -0.15) is 0 Å². The van der Waals surface area contributed by atoms with Crippen molar-refractivity contribution >= 4 is 11.4 Å². The highest BCUT2D eigenvalue weighted by atomic mass is 15.1. The molecular weight excluding hydrogens is 208 g/mol. The third kappa shape index (κ3) is 2.26. The molecule has 0 aromatic heterocycles. The molecule has 92 valence electrons. The van der Waals surface area contributed by atoms with Crippen molar-refractivity contribution in [2.45, 2.75) is 38.5 Å². The van der Waals surface area contributed by atoms with E-state index in [1.165, 1.54) is 63.0 Å². The van der Waals surface area contributed by atoms with Crippen LogP contribution in [0.25, 0.3) is 0 Å². The van der Waals surface area contributed by atoms with Gasteiger partial charge < -0.3 is 10.2 Å². The van der Waals surface area contributed by atoms with Gasteiger partial charge in [0.15, 0.2) is 0 Å². The van der Waals surface area contributed by atoms with Crippen LogP contribution in [0.3, 0.4) is 0 Å². The number of benzene rings is 1. The fourth-order valence-electron chi connectivity index (χ4n) is 3.10. The molecule has 0 aliphatic carbocycles. The summed E-state index contributed by atoms with van der Waals surface area (Å²) >= 11 is 0. The third-order valence-electron chi connectivity index (χ3n) is 4.02. The van der Waals surface area contributed by atoms with Gasteiger partial charge in [-0.15, -0.1) is 0 Å². The first kappa shape index (κ1) is 10.9. The van der Waals surface area contributed by atoms with Gasteiger partial charge in [0.2, 0.25) is 0 Å². The predicted octanol–water partition coefficient (Wildman–Crippen LogP) is 3.43. The molecule has 0 radical (unpaired) electrons. The first-order valence-corrected chi connectivity index (χ1v) is 7.06. The Morgan fingerprint density at radius 1 is 0.941 bits per heavy atom. The maximum absolute atomic E-state index is 3.53. The molecule has 2 aliphatic heterocycles. The minimum absolute atomic E-state index is 1.14. The minimum atomic E-state index is 1.14. The summed E-state index contributed by atoms with van der Waals surface area (Å²) in [6.45, 7) is 3.63. The van der Waals surface area contributed by atoms with Crippen LogP contribution in [0.15, 0.2) is 18.2 Å². The van der Waals surface area contributed by atoms with E-state index in [1.807, 2.05) is 0 Å². The standard InChI is InChI=1S/C15H22N2/c1-2-4-12-17(11-3-1)15-9-5-8-14-13(15)7-6-10-16-14/h5,8-9,16H,1-4,6-7,10-12H2. The Kier molecular flexibility index (Phi) is 3.21. The second-order valence-electron chi connectivity index (χ2n) is 5.23. The molecule has 2 nitrogen and oxygen atoms in total. The van der Waals surface area contributed by atoms with E-state index >= 15 is 0 Å². The molecule has 0 bridgehead atoms. The van der Waals surface area contributed by atoms with Gasteiger partial charge >= 0.3 is 0 Å². The second kappa shape index (κ2) is 4.99. The maximum atomic E-state index is 3.53. The van der Waals surface area contributed by atoms with E-state index in [9.17, 15) is 0 Å². The van der Waals surface area contributed by atoms with Crippen LogP contribution in [0.4, 0.5) is 11.4 Å². The molecule has 1 fully saturated rings. The highest BCUT2D eigenvalue weighted by molar-refractivity contribution is 5.67. The molecule has 0 saturated carbocycles. The fourth-order valence-corrected chi connectivity index (χ4v) is 3.10. The molecule has 0 atom stereocenters. The second-order valence-corrected chi connectivity index (χ2v) is 5.23. The smallest absolute Gasteiger partial charge is 0.0419 e. The van der Waals surface area contributed by atoms with E-state index in [1.54, 1.807) is 5.56 Å². The quantitative estimate of drug-likeness (QED) is 0.795. The average Bonchev–Trinajstić information content (AvgIpc) is 2.67. The molecule has 17 heavy (non-hydrogen) atoms. The topological polar surface area (TPSA) is 15.3 Å². The number of nitrogens with zero attached hydrogens (tertiary/aromatic N) is 1. The van der Waals surface area contributed by atoms with Crippen LogP contribution in [-0.2, 0) is 6.42 Å². The zero-order valence-electron chi connectivity index (χ0n) is 10.5. The maximum Gasteiger partial charge on any atom is 0.0419 e. The first-order valence-electron chi connectivity index (χ1n) is 7.06. The lowest BCUT2D eigenvalue weighted by atomic mass is 10.0. The van der Waals surface area contributed by atoms with Crippen molar-refractivity contribution < 1.29 is 0 Å². The Labute approximate surface area is 104 Å². The number of fused-ring (bicyclic) bond motifs is 1. The highest BCUT2D eigenvalue weighted by Gasteiger charge is 2.17. The van der Waals surface area contributed by atoms with E-state index in [2.05, 4.69) is 28.4 Å². The summed E-state index contributed by atoms with van der Waals surface area (Å²) in [6, 6.07) is 6.75. The van der Waals surface area contributed by atoms with Gasteiger partial charge in [-0.05, 0) is 43.4 Å². The van der Waals surface area contributed by atoms with Crippen molar-refractivity contribution in [3.63, 3.8) is 0 Å². The average molecular weight is 230 g/mol. The van der Waals surface area contributed by atoms with Gasteiger partial charge in [0.1, 0.15) is 0 Å². The molecule has 0 amide bonds. The summed E-state index contributed by atoms with van der Waals surface area (Å²) in [4.78, 5) is 2.61. The molecule has 2 heterocycles. The molecule has 1 aromatic rings. The number of nitrogens with one attached hydrogen (secondary N) is 1. The number of anilines is 2. The van der Waals surface area contributed by atoms with E-state index in [-0.39, 0.29) is 0 Å². The number of hydrogen-bond donors (Lipinski definition) is 1. The lowest BCUT2D eigenvalue weighted by Gasteiger charge is -2.29. The molecule has 0 spiro atoms. The summed E-state index contributed by atoms with van der Waals surface area (Å²) < 4.78 is 0. The molecule has 2 heteroatoms. The van der Waals surface area contributed by atoms with Crippen molar-refractivity contribution in [3.05, 3.63) is 23.8 Å². The van der Waals surface area contributed by atoms with Crippen molar-refractivity contribution in [2.75, 3.05) is 29.9 Å². The Morgan fingerprint density at radius 2 is 1.76 bits per heavy atom. The predicted molar refractivity (Wildman–Crippen MR) is 73.9 cm³/mol. The summed E-state index contributed by atoms with van der Waals surface area (Å²) in [6.07, 6.45) is 8.05. The fraction of sp³-hybridized carbons (Fsp3) is 0.600. The van der Waals surface area contributed by atoms with E-state index in [0.29, 0.717) is 0 Å². The Hall–Kier alpha value is -1.18. The lowest BCUT2D eigenvalue weighted by molar-refractivity contribution is 0.726. The van der Waals surface area contributed by atoms with Gasteiger partial charge in [-0.1, -0.05) is 18.9 Å². The van der Waals surface area contributed by atoms with Crippen molar-refractivity contribution in [1.29, 1.82) is 0 Å². The normalized spacial score (nSPS) is 20.4. The van der Waals surface area contributed by atoms with E-state index in [0.717, 1.165) is 6.54 Å². The SMILES string of the molecule is c1cc2c(c(N3CCCCCC3)c1)CCCN2. The van der Waals surface area contributed by atoms with Crippen molar-refractivity contribution in [3.8, 4) is 0 Å². The molecule has 1 N–H and O–H groups in total. The van der Waals surface area contributed by atoms with Gasteiger partial charge in [-0.25, -0.2) is 0 Å². The van der Waals surface area contributed by atoms with Crippen molar-refractivity contribution in [2.24, 2.45) is 0 Å². The Morgan fingerprint density at radius 3 is 2.59 bits per heavy atom. The molecule has 2 aliphatic rings.